The van der Waals surface area contributed by atoms with E-state index >= 15 is 0 Å². The topological polar surface area (TPSA) is 12.0 Å². The van der Waals surface area contributed by atoms with Crippen LogP contribution in [0.4, 0.5) is 11.4 Å². The lowest BCUT2D eigenvalue weighted by Crippen LogP contribution is -1.91. The van der Waals surface area contributed by atoms with Gasteiger partial charge >= 0.3 is 0 Å². The van der Waals surface area contributed by atoms with Crippen LogP contribution < -0.4 is 5.32 Å². The van der Waals surface area contributed by atoms with Crippen LogP contribution in [0.3, 0.4) is 0 Å². The fourth-order valence-electron chi connectivity index (χ4n) is 2.24. The summed E-state index contributed by atoms with van der Waals surface area (Å²) in [6.07, 6.45) is 0. The number of benzene rings is 3. The van der Waals surface area contributed by atoms with Crippen LogP contribution in [0, 0.1) is 6.92 Å². The average Bonchev–Trinajstić information content (AvgIpc) is 2.44. The number of fused-ring (bicyclic) bond motifs is 1. The Balaban J connectivity index is 2.10. The molecule has 18 heavy (non-hydrogen) atoms. The zero-order chi connectivity index (χ0) is 12.4. The molecular weight excluding hydrogens is 218 g/mol. The minimum atomic E-state index is 1.12. The molecule has 0 amide bonds. The van der Waals surface area contributed by atoms with Crippen molar-refractivity contribution in [2.75, 3.05) is 5.32 Å². The molecule has 0 spiro atoms. The lowest BCUT2D eigenvalue weighted by molar-refractivity contribution is 1.51. The van der Waals surface area contributed by atoms with Crippen LogP contribution in [0.2, 0.25) is 0 Å². The van der Waals surface area contributed by atoms with Crippen LogP contribution in [0.15, 0.2) is 66.7 Å². The fourth-order valence-corrected chi connectivity index (χ4v) is 2.24. The third-order valence-corrected chi connectivity index (χ3v) is 3.19. The summed E-state index contributed by atoms with van der Waals surface area (Å²) in [4.78, 5) is 0. The minimum Gasteiger partial charge on any atom is -0.355 e. The molecule has 0 unspecified atom stereocenters. The lowest BCUT2D eigenvalue weighted by atomic mass is 10.0. The van der Waals surface area contributed by atoms with E-state index in [1.807, 2.05) is 18.2 Å². The van der Waals surface area contributed by atoms with Gasteiger partial charge in [0.15, 0.2) is 0 Å². The van der Waals surface area contributed by atoms with Gasteiger partial charge in [0.2, 0.25) is 0 Å². The molecule has 0 aliphatic heterocycles. The molecule has 0 aliphatic rings. The highest BCUT2D eigenvalue weighted by Gasteiger charge is 2.02. The molecule has 1 heteroatoms. The third-order valence-electron chi connectivity index (χ3n) is 3.19. The van der Waals surface area contributed by atoms with Gasteiger partial charge in [-0.05, 0) is 36.1 Å². The number of rotatable bonds is 2. The van der Waals surface area contributed by atoms with Crippen molar-refractivity contribution in [2.45, 2.75) is 6.92 Å². The first-order chi connectivity index (χ1) is 8.84. The largest absolute Gasteiger partial charge is 0.355 e. The molecule has 3 aromatic rings. The SMILES string of the molecule is Cc1ccc(Nc2ccccc2)c2ccccc12. The van der Waals surface area contributed by atoms with Gasteiger partial charge in [-0.1, -0.05) is 48.5 Å². The Kier molecular flexibility index (Phi) is 2.73. The Bertz CT molecular complexity index is 672. The predicted molar refractivity (Wildman–Crippen MR) is 78.4 cm³/mol. The Morgan fingerprint density at radius 3 is 2.11 bits per heavy atom. The van der Waals surface area contributed by atoms with Gasteiger partial charge in [0.1, 0.15) is 0 Å². The second kappa shape index (κ2) is 4.53. The monoisotopic (exact) mass is 233 g/mol. The third kappa shape index (κ3) is 1.95. The summed E-state index contributed by atoms with van der Waals surface area (Å²) in [5.74, 6) is 0. The van der Waals surface area contributed by atoms with Crippen molar-refractivity contribution < 1.29 is 0 Å². The summed E-state index contributed by atoms with van der Waals surface area (Å²) in [5, 5.41) is 6.04. The molecule has 0 fully saturated rings. The van der Waals surface area contributed by atoms with Crippen molar-refractivity contribution >= 4 is 22.1 Å². The molecule has 0 saturated heterocycles. The maximum absolute atomic E-state index is 3.47. The maximum Gasteiger partial charge on any atom is 0.0464 e. The van der Waals surface area contributed by atoms with Crippen molar-refractivity contribution in [3.63, 3.8) is 0 Å². The first-order valence-electron chi connectivity index (χ1n) is 6.15. The van der Waals surface area contributed by atoms with Crippen molar-refractivity contribution in [1.82, 2.24) is 0 Å². The van der Waals surface area contributed by atoms with E-state index in [0.717, 1.165) is 11.4 Å². The second-order valence-electron chi connectivity index (χ2n) is 4.47. The first-order valence-corrected chi connectivity index (χ1v) is 6.15. The molecule has 1 nitrogen and oxygen atoms in total. The number of aryl methyl sites for hydroxylation is 1. The van der Waals surface area contributed by atoms with Gasteiger partial charge in [-0.25, -0.2) is 0 Å². The van der Waals surface area contributed by atoms with Gasteiger partial charge in [0.25, 0.3) is 0 Å². The summed E-state index contributed by atoms with van der Waals surface area (Å²) < 4.78 is 0. The summed E-state index contributed by atoms with van der Waals surface area (Å²) in [5.41, 5.74) is 3.58. The van der Waals surface area contributed by atoms with E-state index in [0.29, 0.717) is 0 Å². The number of hydrogen-bond donors (Lipinski definition) is 1. The van der Waals surface area contributed by atoms with Crippen molar-refractivity contribution in [3.8, 4) is 0 Å². The average molecular weight is 233 g/mol. The molecule has 0 saturated carbocycles. The zero-order valence-electron chi connectivity index (χ0n) is 10.4. The van der Waals surface area contributed by atoms with Crippen LogP contribution in [0.5, 0.6) is 0 Å². The van der Waals surface area contributed by atoms with Gasteiger partial charge in [0.05, 0.1) is 0 Å². The van der Waals surface area contributed by atoms with E-state index in [4.69, 9.17) is 0 Å². The van der Waals surface area contributed by atoms with E-state index in [1.54, 1.807) is 0 Å². The van der Waals surface area contributed by atoms with Crippen molar-refractivity contribution in [3.05, 3.63) is 72.3 Å². The molecule has 3 rings (SSSR count). The smallest absolute Gasteiger partial charge is 0.0464 e. The van der Waals surface area contributed by atoms with Gasteiger partial charge in [0, 0.05) is 16.8 Å². The van der Waals surface area contributed by atoms with Gasteiger partial charge in [-0.15, -0.1) is 0 Å². The van der Waals surface area contributed by atoms with E-state index in [9.17, 15) is 0 Å². The quantitative estimate of drug-likeness (QED) is 0.664. The van der Waals surface area contributed by atoms with E-state index in [-0.39, 0.29) is 0 Å². The molecule has 88 valence electrons. The summed E-state index contributed by atoms with van der Waals surface area (Å²) in [6.45, 7) is 2.15. The molecule has 0 aromatic heterocycles. The van der Waals surface area contributed by atoms with Crippen LogP contribution in [0.25, 0.3) is 10.8 Å². The number of nitrogens with one attached hydrogen (secondary N) is 1. The first kappa shape index (κ1) is 10.8. The highest BCUT2D eigenvalue weighted by molar-refractivity contribution is 5.97. The van der Waals surface area contributed by atoms with Crippen LogP contribution in [-0.4, -0.2) is 0 Å². The Labute approximate surface area is 107 Å². The lowest BCUT2D eigenvalue weighted by Gasteiger charge is -2.11. The maximum atomic E-state index is 3.47. The van der Waals surface area contributed by atoms with E-state index in [2.05, 4.69) is 60.8 Å². The van der Waals surface area contributed by atoms with Crippen molar-refractivity contribution in [2.24, 2.45) is 0 Å². The molecule has 3 aromatic carbocycles. The number of hydrogen-bond acceptors (Lipinski definition) is 1. The summed E-state index contributed by atoms with van der Waals surface area (Å²) >= 11 is 0. The van der Waals surface area contributed by atoms with E-state index < -0.39 is 0 Å². The molecule has 0 atom stereocenters. The van der Waals surface area contributed by atoms with Crippen LogP contribution in [0.1, 0.15) is 5.56 Å². The van der Waals surface area contributed by atoms with Gasteiger partial charge in [-0.3, -0.25) is 0 Å². The molecule has 0 heterocycles. The van der Waals surface area contributed by atoms with E-state index in [1.165, 1.54) is 16.3 Å². The van der Waals surface area contributed by atoms with Gasteiger partial charge in [-0.2, -0.15) is 0 Å². The Morgan fingerprint density at radius 1 is 0.667 bits per heavy atom. The number of anilines is 2. The van der Waals surface area contributed by atoms with Crippen LogP contribution in [-0.2, 0) is 0 Å². The summed E-state index contributed by atoms with van der Waals surface area (Å²) in [7, 11) is 0. The highest BCUT2D eigenvalue weighted by Crippen LogP contribution is 2.28. The highest BCUT2D eigenvalue weighted by atomic mass is 14.9. The second-order valence-corrected chi connectivity index (χ2v) is 4.47. The standard InChI is InChI=1S/C17H15N/c1-13-11-12-17(16-10-6-5-9-15(13)16)18-14-7-3-2-4-8-14/h2-12,18H,1H3. The Morgan fingerprint density at radius 2 is 1.33 bits per heavy atom. The van der Waals surface area contributed by atoms with Crippen molar-refractivity contribution in [1.29, 1.82) is 0 Å². The van der Waals surface area contributed by atoms with Gasteiger partial charge < -0.3 is 5.32 Å². The number of para-hydroxylation sites is 1. The molecule has 0 bridgehead atoms. The minimum absolute atomic E-state index is 1.12. The zero-order valence-corrected chi connectivity index (χ0v) is 10.4. The Hall–Kier alpha value is -2.28. The molecule has 1 N–H and O–H groups in total. The fraction of sp³-hybridized carbons (Fsp3) is 0.0588. The molecule has 0 aliphatic carbocycles. The normalized spacial score (nSPS) is 10.5. The molecule has 0 radical (unpaired) electrons. The molecular formula is C17H15N. The predicted octanol–water partition coefficient (Wildman–Crippen LogP) is 4.89. The summed E-state index contributed by atoms with van der Waals surface area (Å²) in [6, 6.07) is 23.1. The van der Waals surface area contributed by atoms with Crippen LogP contribution >= 0.6 is 0 Å².